The summed E-state index contributed by atoms with van der Waals surface area (Å²) in [5.74, 6) is -2.63. The summed E-state index contributed by atoms with van der Waals surface area (Å²) in [5.41, 5.74) is -5.37. The fraction of sp³-hybridized carbons (Fsp3) is 0.286. The Morgan fingerprint density at radius 2 is 1.69 bits per heavy atom. The van der Waals surface area contributed by atoms with E-state index in [1.807, 2.05) is 0 Å². The summed E-state index contributed by atoms with van der Waals surface area (Å²) in [5, 5.41) is 1.60. The van der Waals surface area contributed by atoms with Gasteiger partial charge < -0.3 is 20.1 Å². The van der Waals surface area contributed by atoms with Gasteiger partial charge in [-0.25, -0.2) is 9.78 Å². The van der Waals surface area contributed by atoms with E-state index in [-0.39, 0.29) is 28.1 Å². The molecule has 3 aromatic rings. The average molecular weight is 521 g/mol. The molecule has 0 aliphatic carbocycles. The predicted octanol–water partition coefficient (Wildman–Crippen LogP) is 5.14. The molecule has 0 saturated carbocycles. The molecule has 1 amide bonds. The summed E-state index contributed by atoms with van der Waals surface area (Å²) in [4.78, 5) is 28.2. The number of esters is 1. The molecule has 0 unspecified atom stereocenters. The Balaban J connectivity index is 2.06. The number of aromatic nitrogens is 1. The van der Waals surface area contributed by atoms with E-state index < -0.39 is 40.6 Å². The molecule has 188 valence electrons. The Bertz CT molecular complexity index is 1230. The summed E-state index contributed by atoms with van der Waals surface area (Å²) >= 11 is 0.431. The Hall–Kier alpha value is -3.55. The van der Waals surface area contributed by atoms with Gasteiger partial charge in [-0.3, -0.25) is 4.79 Å². The number of fused-ring (bicyclic) bond motifs is 1. The van der Waals surface area contributed by atoms with E-state index in [0.717, 1.165) is 18.5 Å². The minimum Gasteiger partial charge on any atom is -0.496 e. The lowest BCUT2D eigenvalue weighted by molar-refractivity contribution is -0.294. The number of carbonyl (C=O) groups excluding carboxylic acids is 2. The molecule has 0 fully saturated rings. The van der Waals surface area contributed by atoms with Gasteiger partial charge in [-0.05, 0) is 37.3 Å². The molecular formula is C21H17F6N3O4S. The molecule has 0 aliphatic rings. The Labute approximate surface area is 198 Å². The zero-order valence-corrected chi connectivity index (χ0v) is 18.8. The van der Waals surface area contributed by atoms with Crippen molar-refractivity contribution in [1.29, 1.82) is 0 Å². The van der Waals surface area contributed by atoms with Gasteiger partial charge in [-0.1, -0.05) is 23.5 Å². The summed E-state index contributed by atoms with van der Waals surface area (Å²) < 4.78 is 93.9. The van der Waals surface area contributed by atoms with Crippen molar-refractivity contribution in [2.45, 2.75) is 24.9 Å². The molecule has 0 spiro atoms. The summed E-state index contributed by atoms with van der Waals surface area (Å²) in [6.07, 6.45) is -12.1. The van der Waals surface area contributed by atoms with Crippen LogP contribution in [0.25, 0.3) is 10.2 Å². The van der Waals surface area contributed by atoms with Gasteiger partial charge in [0, 0.05) is 0 Å². The fourth-order valence-electron chi connectivity index (χ4n) is 3.03. The highest BCUT2D eigenvalue weighted by molar-refractivity contribution is 7.22. The van der Waals surface area contributed by atoms with Crippen LogP contribution >= 0.6 is 11.3 Å². The van der Waals surface area contributed by atoms with Crippen molar-refractivity contribution >= 4 is 38.6 Å². The molecule has 2 N–H and O–H groups in total. The van der Waals surface area contributed by atoms with Gasteiger partial charge in [0.2, 0.25) is 0 Å². The number of nitrogens with one attached hydrogen (secondary N) is 2. The van der Waals surface area contributed by atoms with E-state index in [4.69, 9.17) is 9.47 Å². The van der Waals surface area contributed by atoms with Gasteiger partial charge in [-0.15, -0.1) is 0 Å². The molecular weight excluding hydrogens is 504 g/mol. The molecule has 2 aromatic carbocycles. The number of thiazole rings is 1. The number of anilines is 1. The lowest BCUT2D eigenvalue weighted by Gasteiger charge is -2.38. The van der Waals surface area contributed by atoms with Crippen molar-refractivity contribution in [1.82, 2.24) is 10.3 Å². The van der Waals surface area contributed by atoms with Gasteiger partial charge in [0.05, 0.1) is 35.1 Å². The third-order valence-electron chi connectivity index (χ3n) is 4.70. The zero-order chi connectivity index (χ0) is 26.0. The second kappa shape index (κ2) is 9.60. The number of hydrogen-bond donors (Lipinski definition) is 2. The minimum atomic E-state index is -6.04. The van der Waals surface area contributed by atoms with E-state index in [1.54, 1.807) is 6.92 Å². The minimum absolute atomic E-state index is 0.0276. The van der Waals surface area contributed by atoms with Crippen molar-refractivity contribution in [3.05, 3.63) is 53.6 Å². The zero-order valence-electron chi connectivity index (χ0n) is 18.0. The third-order valence-corrected chi connectivity index (χ3v) is 5.63. The fourth-order valence-corrected chi connectivity index (χ4v) is 3.99. The maximum absolute atomic E-state index is 14.0. The van der Waals surface area contributed by atoms with Crippen LogP contribution in [0.4, 0.5) is 31.5 Å². The number of halogens is 6. The lowest BCUT2D eigenvalue weighted by Crippen LogP contribution is -2.72. The average Bonchev–Trinajstić information content (AvgIpc) is 3.18. The van der Waals surface area contributed by atoms with Gasteiger partial charge in [0.1, 0.15) is 5.75 Å². The van der Waals surface area contributed by atoms with Gasteiger partial charge >= 0.3 is 24.0 Å². The van der Waals surface area contributed by atoms with Crippen LogP contribution in [-0.4, -0.2) is 48.6 Å². The number of methoxy groups -OCH3 is 1. The molecule has 0 radical (unpaired) electrons. The van der Waals surface area contributed by atoms with Crippen LogP contribution in [0, 0.1) is 0 Å². The van der Waals surface area contributed by atoms with Crippen LogP contribution in [0.3, 0.4) is 0 Å². The number of rotatable bonds is 7. The van der Waals surface area contributed by atoms with Crippen LogP contribution < -0.4 is 15.4 Å². The molecule has 0 atom stereocenters. The first kappa shape index (κ1) is 26.1. The first-order valence-electron chi connectivity index (χ1n) is 9.78. The largest absolute Gasteiger partial charge is 0.496 e. The highest BCUT2D eigenvalue weighted by atomic mass is 32.1. The predicted molar refractivity (Wildman–Crippen MR) is 115 cm³/mol. The van der Waals surface area contributed by atoms with Crippen LogP contribution in [0.15, 0.2) is 42.5 Å². The Morgan fingerprint density at radius 3 is 2.29 bits per heavy atom. The molecule has 3 rings (SSSR count). The van der Waals surface area contributed by atoms with E-state index in [2.05, 4.69) is 4.98 Å². The van der Waals surface area contributed by atoms with Gasteiger partial charge in [0.15, 0.2) is 5.13 Å². The maximum atomic E-state index is 14.0. The lowest BCUT2D eigenvalue weighted by atomic mass is 10.1. The topological polar surface area (TPSA) is 89.5 Å². The molecule has 0 bridgehead atoms. The summed E-state index contributed by atoms with van der Waals surface area (Å²) in [6.45, 7) is 1.64. The third kappa shape index (κ3) is 5.11. The Morgan fingerprint density at radius 1 is 1.03 bits per heavy atom. The van der Waals surface area contributed by atoms with Crippen molar-refractivity contribution in [3.63, 3.8) is 0 Å². The second-order valence-corrected chi connectivity index (χ2v) is 7.98. The number of para-hydroxylation sites is 1. The van der Waals surface area contributed by atoms with Gasteiger partial charge in [-0.2, -0.15) is 26.3 Å². The summed E-state index contributed by atoms with van der Waals surface area (Å²) in [7, 11) is 1.11. The quantitative estimate of drug-likeness (QED) is 0.254. The highest BCUT2D eigenvalue weighted by Crippen LogP contribution is 2.45. The van der Waals surface area contributed by atoms with Crippen LogP contribution in [0.1, 0.15) is 27.6 Å². The van der Waals surface area contributed by atoms with Crippen LogP contribution in [0.2, 0.25) is 0 Å². The molecule has 35 heavy (non-hydrogen) atoms. The van der Waals surface area contributed by atoms with Crippen LogP contribution in [-0.2, 0) is 4.74 Å². The number of nitrogens with zero attached hydrogens (tertiary/aromatic N) is 1. The van der Waals surface area contributed by atoms with Crippen molar-refractivity contribution in [2.75, 3.05) is 19.0 Å². The highest BCUT2D eigenvalue weighted by Gasteiger charge is 2.73. The number of ether oxygens (including phenoxy) is 2. The number of alkyl halides is 6. The van der Waals surface area contributed by atoms with Crippen molar-refractivity contribution < 1.29 is 45.4 Å². The molecule has 0 saturated heterocycles. The van der Waals surface area contributed by atoms with E-state index >= 15 is 0 Å². The normalized spacial score (nSPS) is 12.3. The molecule has 14 heteroatoms. The number of benzene rings is 2. The standard InChI is InChI=1S/C21H17F6N3O4S/c1-3-34-17(32)11-8-9-13-15(10-11)35-18(28-13)30-19(20(22,23)24,21(25,26)27)29-16(31)12-6-4-5-7-14(12)33-2/h4-10H,3H2,1-2H3,(H,28,30)(H,29,31). The summed E-state index contributed by atoms with van der Waals surface area (Å²) in [6, 6.07) is 8.61. The van der Waals surface area contributed by atoms with E-state index in [0.29, 0.717) is 11.3 Å². The van der Waals surface area contributed by atoms with Crippen molar-refractivity contribution in [3.8, 4) is 5.75 Å². The number of carbonyl (C=O) groups is 2. The molecule has 1 heterocycles. The van der Waals surface area contributed by atoms with Crippen molar-refractivity contribution in [2.24, 2.45) is 0 Å². The van der Waals surface area contributed by atoms with E-state index in [1.165, 1.54) is 41.7 Å². The smallest absolute Gasteiger partial charge is 0.439 e. The SMILES string of the molecule is CCOC(=O)c1ccc2nc(NC(NC(=O)c3ccccc3OC)(C(F)(F)F)C(F)(F)F)sc2c1. The van der Waals surface area contributed by atoms with E-state index in [9.17, 15) is 35.9 Å². The molecule has 7 nitrogen and oxygen atoms in total. The Kier molecular flexibility index (Phi) is 7.15. The second-order valence-electron chi connectivity index (χ2n) is 6.95. The molecule has 0 aliphatic heterocycles. The number of hydrogen-bond acceptors (Lipinski definition) is 7. The number of amides is 1. The molecule has 1 aromatic heterocycles. The first-order valence-corrected chi connectivity index (χ1v) is 10.6. The van der Waals surface area contributed by atoms with Crippen LogP contribution in [0.5, 0.6) is 5.75 Å². The maximum Gasteiger partial charge on any atom is 0.439 e. The van der Waals surface area contributed by atoms with Gasteiger partial charge in [0.25, 0.3) is 5.91 Å². The first-order chi connectivity index (χ1) is 16.3. The monoisotopic (exact) mass is 521 g/mol.